The van der Waals surface area contributed by atoms with Crippen molar-refractivity contribution in [3.8, 4) is 0 Å². The molecule has 1 N–H and O–H groups in total. The maximum absolute atomic E-state index is 12.2. The number of carbonyl (C=O) groups is 1. The van der Waals surface area contributed by atoms with Gasteiger partial charge in [-0.05, 0) is 24.3 Å². The molecule has 1 aliphatic rings. The van der Waals surface area contributed by atoms with E-state index in [9.17, 15) is 4.79 Å². The Bertz CT molecular complexity index is 548. The van der Waals surface area contributed by atoms with Crippen molar-refractivity contribution in [2.45, 2.75) is 6.17 Å². The van der Waals surface area contributed by atoms with E-state index >= 15 is 0 Å². The molecule has 17 heavy (non-hydrogen) atoms. The quantitative estimate of drug-likeness (QED) is 0.815. The van der Waals surface area contributed by atoms with Gasteiger partial charge in [0.05, 0.1) is 11.8 Å². The van der Waals surface area contributed by atoms with Gasteiger partial charge in [0.2, 0.25) is 0 Å². The molecule has 4 nitrogen and oxygen atoms in total. The van der Waals surface area contributed by atoms with Crippen LogP contribution in [0.1, 0.15) is 22.3 Å². The highest BCUT2D eigenvalue weighted by atomic mass is 16.3. The molecule has 0 spiro atoms. The Labute approximate surface area is 98.8 Å². The van der Waals surface area contributed by atoms with Crippen LogP contribution in [0.4, 0.5) is 5.69 Å². The fourth-order valence-electron chi connectivity index (χ4n) is 2.06. The number of anilines is 1. The molecule has 2 aromatic rings. The molecule has 3 rings (SSSR count). The molecular weight excluding hydrogens is 216 g/mol. The number of nitrogens with one attached hydrogen (secondary N) is 1. The SMILES string of the molecule is CN1C(=O)c2ccccc2N[C@@H]1c1ccco1. The molecule has 86 valence electrons. The largest absolute Gasteiger partial charge is 0.465 e. The molecule has 2 heterocycles. The molecule has 0 saturated carbocycles. The number of hydrogen-bond donors (Lipinski definition) is 1. The van der Waals surface area contributed by atoms with E-state index in [-0.39, 0.29) is 12.1 Å². The number of amides is 1. The van der Waals surface area contributed by atoms with Crippen LogP contribution < -0.4 is 5.32 Å². The summed E-state index contributed by atoms with van der Waals surface area (Å²) in [7, 11) is 1.76. The number of carbonyl (C=O) groups excluding carboxylic acids is 1. The van der Waals surface area contributed by atoms with Crippen LogP contribution in [0.2, 0.25) is 0 Å². The number of rotatable bonds is 1. The molecule has 0 unspecified atom stereocenters. The highest BCUT2D eigenvalue weighted by molar-refractivity contribution is 6.01. The van der Waals surface area contributed by atoms with Crippen LogP contribution in [-0.2, 0) is 0 Å². The summed E-state index contributed by atoms with van der Waals surface area (Å²) in [6.45, 7) is 0. The summed E-state index contributed by atoms with van der Waals surface area (Å²) >= 11 is 0. The molecule has 0 radical (unpaired) electrons. The van der Waals surface area contributed by atoms with E-state index in [4.69, 9.17) is 4.42 Å². The first-order valence-electron chi connectivity index (χ1n) is 5.43. The van der Waals surface area contributed by atoms with E-state index in [1.54, 1.807) is 18.2 Å². The van der Waals surface area contributed by atoms with Gasteiger partial charge in [0, 0.05) is 12.7 Å². The third-order valence-electron chi connectivity index (χ3n) is 2.97. The van der Waals surface area contributed by atoms with Crippen molar-refractivity contribution >= 4 is 11.6 Å². The maximum Gasteiger partial charge on any atom is 0.257 e. The van der Waals surface area contributed by atoms with E-state index < -0.39 is 0 Å². The number of fused-ring (bicyclic) bond motifs is 1. The van der Waals surface area contributed by atoms with E-state index in [2.05, 4.69) is 5.32 Å². The zero-order valence-corrected chi connectivity index (χ0v) is 9.38. The van der Waals surface area contributed by atoms with Gasteiger partial charge in [-0.25, -0.2) is 0 Å². The standard InChI is InChI=1S/C13H12N2O2/c1-15-12(11-7-4-8-17-11)14-10-6-3-2-5-9(10)13(15)16/h2-8,12,14H,1H3/t12-/m0/s1. The second-order valence-electron chi connectivity index (χ2n) is 4.02. The lowest BCUT2D eigenvalue weighted by atomic mass is 10.1. The van der Waals surface area contributed by atoms with E-state index in [0.29, 0.717) is 5.56 Å². The minimum absolute atomic E-state index is 0.000694. The third kappa shape index (κ3) is 1.49. The minimum Gasteiger partial charge on any atom is -0.465 e. The first-order chi connectivity index (χ1) is 8.27. The Morgan fingerprint density at radius 2 is 2.06 bits per heavy atom. The molecule has 1 aliphatic heterocycles. The highest BCUT2D eigenvalue weighted by Gasteiger charge is 2.31. The van der Waals surface area contributed by atoms with Crippen LogP contribution in [0.3, 0.4) is 0 Å². The van der Waals surface area contributed by atoms with Crippen molar-refractivity contribution in [2.75, 3.05) is 12.4 Å². The van der Waals surface area contributed by atoms with E-state index in [1.165, 1.54) is 0 Å². The molecule has 4 heteroatoms. The number of nitrogens with zero attached hydrogens (tertiary/aromatic N) is 1. The molecule has 1 amide bonds. The number of benzene rings is 1. The first-order valence-corrected chi connectivity index (χ1v) is 5.43. The van der Waals surface area contributed by atoms with Crippen molar-refractivity contribution < 1.29 is 9.21 Å². The fourth-order valence-corrected chi connectivity index (χ4v) is 2.06. The van der Waals surface area contributed by atoms with Crippen LogP contribution in [0.5, 0.6) is 0 Å². The molecule has 0 saturated heterocycles. The summed E-state index contributed by atoms with van der Waals surface area (Å²) in [5.74, 6) is 0.733. The van der Waals surface area contributed by atoms with Crippen molar-refractivity contribution in [3.05, 3.63) is 54.0 Å². The Morgan fingerprint density at radius 1 is 1.24 bits per heavy atom. The van der Waals surface area contributed by atoms with Crippen molar-refractivity contribution in [1.29, 1.82) is 0 Å². The van der Waals surface area contributed by atoms with Crippen LogP contribution in [-0.4, -0.2) is 17.9 Å². The minimum atomic E-state index is -0.243. The lowest BCUT2D eigenvalue weighted by Gasteiger charge is -2.33. The Hall–Kier alpha value is -2.23. The van der Waals surface area contributed by atoms with Crippen LogP contribution >= 0.6 is 0 Å². The maximum atomic E-state index is 12.2. The third-order valence-corrected chi connectivity index (χ3v) is 2.97. The fraction of sp³-hybridized carbons (Fsp3) is 0.154. The number of furan rings is 1. The predicted octanol–water partition coefficient (Wildman–Crippen LogP) is 2.48. The van der Waals surface area contributed by atoms with Crippen LogP contribution in [0.25, 0.3) is 0 Å². The lowest BCUT2D eigenvalue weighted by molar-refractivity contribution is 0.0719. The second kappa shape index (κ2) is 3.66. The van der Waals surface area contributed by atoms with Gasteiger partial charge in [0.15, 0.2) is 6.17 Å². The molecule has 1 aromatic heterocycles. The molecular formula is C13H12N2O2. The first kappa shape index (κ1) is 9.96. The number of hydrogen-bond acceptors (Lipinski definition) is 3. The van der Waals surface area contributed by atoms with Gasteiger partial charge < -0.3 is 14.6 Å². The summed E-state index contributed by atoms with van der Waals surface area (Å²) < 4.78 is 5.35. The van der Waals surface area contributed by atoms with E-state index in [1.807, 2.05) is 36.4 Å². The summed E-state index contributed by atoms with van der Waals surface area (Å²) in [6.07, 6.45) is 1.36. The van der Waals surface area contributed by atoms with Crippen LogP contribution in [0.15, 0.2) is 47.1 Å². The summed E-state index contributed by atoms with van der Waals surface area (Å²) in [4.78, 5) is 13.8. The Morgan fingerprint density at radius 3 is 2.82 bits per heavy atom. The summed E-state index contributed by atoms with van der Waals surface area (Å²) in [5.41, 5.74) is 1.54. The zero-order valence-electron chi connectivity index (χ0n) is 9.38. The normalized spacial score (nSPS) is 18.8. The van der Waals surface area contributed by atoms with Gasteiger partial charge in [0.25, 0.3) is 5.91 Å². The number of para-hydroxylation sites is 1. The topological polar surface area (TPSA) is 45.5 Å². The zero-order chi connectivity index (χ0) is 11.8. The van der Waals surface area contributed by atoms with Crippen molar-refractivity contribution in [3.63, 3.8) is 0 Å². The monoisotopic (exact) mass is 228 g/mol. The average molecular weight is 228 g/mol. The highest BCUT2D eigenvalue weighted by Crippen LogP contribution is 2.31. The van der Waals surface area contributed by atoms with E-state index in [0.717, 1.165) is 11.4 Å². The van der Waals surface area contributed by atoms with Gasteiger partial charge in [-0.1, -0.05) is 12.1 Å². The molecule has 0 fully saturated rings. The summed E-state index contributed by atoms with van der Waals surface area (Å²) in [6, 6.07) is 11.2. The molecule has 1 atom stereocenters. The smallest absolute Gasteiger partial charge is 0.257 e. The Balaban J connectivity index is 2.05. The lowest BCUT2D eigenvalue weighted by Crippen LogP contribution is -2.39. The van der Waals surface area contributed by atoms with Gasteiger partial charge in [-0.3, -0.25) is 4.79 Å². The predicted molar refractivity (Wildman–Crippen MR) is 63.6 cm³/mol. The molecule has 0 bridgehead atoms. The molecule has 0 aliphatic carbocycles. The van der Waals surface area contributed by atoms with Crippen molar-refractivity contribution in [2.24, 2.45) is 0 Å². The van der Waals surface area contributed by atoms with Gasteiger partial charge in [-0.2, -0.15) is 0 Å². The Kier molecular flexibility index (Phi) is 2.14. The average Bonchev–Trinajstić information content (AvgIpc) is 2.87. The summed E-state index contributed by atoms with van der Waals surface area (Å²) in [5, 5.41) is 3.29. The van der Waals surface area contributed by atoms with Crippen LogP contribution in [0, 0.1) is 0 Å². The van der Waals surface area contributed by atoms with Gasteiger partial charge >= 0.3 is 0 Å². The second-order valence-corrected chi connectivity index (χ2v) is 4.02. The van der Waals surface area contributed by atoms with Gasteiger partial charge in [-0.15, -0.1) is 0 Å². The van der Waals surface area contributed by atoms with Gasteiger partial charge in [0.1, 0.15) is 5.76 Å². The van der Waals surface area contributed by atoms with Crippen molar-refractivity contribution in [1.82, 2.24) is 4.90 Å². The molecule has 1 aromatic carbocycles.